The lowest BCUT2D eigenvalue weighted by atomic mass is 9.97. The Morgan fingerprint density at radius 2 is 0.908 bits per heavy atom. The Hall–Kier alpha value is -3.09. The topological polar surface area (TPSA) is 228 Å². The lowest BCUT2D eigenvalue weighted by Crippen LogP contribution is -2.65. The van der Waals surface area contributed by atoms with Gasteiger partial charge in [-0.3, -0.25) is 4.79 Å². The molecular weight excluding hydrogens is 967 g/mol. The minimum atomic E-state index is -1.79. The van der Waals surface area contributed by atoms with E-state index < -0.39 is 86.8 Å². The average molecular weight is 1070 g/mol. The number of allylic oxidation sites excluding steroid dienone is 16. The van der Waals surface area contributed by atoms with Crippen LogP contribution in [0.15, 0.2) is 97.2 Å². The van der Waals surface area contributed by atoms with Crippen molar-refractivity contribution in [2.24, 2.45) is 0 Å². The maximum atomic E-state index is 13.3. The zero-order chi connectivity index (χ0) is 55.3. The van der Waals surface area contributed by atoms with Gasteiger partial charge in [0.25, 0.3) is 0 Å². The number of ether oxygens (including phenoxy) is 4. The molecule has 14 heteroatoms. The Morgan fingerprint density at radius 1 is 0.487 bits per heavy atom. The third kappa shape index (κ3) is 32.1. The first-order valence-corrected chi connectivity index (χ1v) is 29.5. The van der Waals surface area contributed by atoms with E-state index in [1.807, 2.05) is 0 Å². The molecule has 2 fully saturated rings. The Labute approximate surface area is 458 Å². The van der Waals surface area contributed by atoms with E-state index in [1.54, 1.807) is 0 Å². The molecule has 2 aliphatic rings. The molecule has 0 saturated carbocycles. The third-order valence-corrected chi connectivity index (χ3v) is 13.8. The second kappa shape index (κ2) is 46.8. The Bertz CT molecular complexity index is 1640. The number of aliphatic hydroxyl groups excluding tert-OH is 8. The molecule has 2 aliphatic heterocycles. The van der Waals surface area contributed by atoms with Crippen LogP contribution in [0.25, 0.3) is 0 Å². The second-order valence-electron chi connectivity index (χ2n) is 20.4. The van der Waals surface area contributed by atoms with Crippen LogP contribution in [0.3, 0.4) is 0 Å². The van der Waals surface area contributed by atoms with Crippen molar-refractivity contribution in [1.29, 1.82) is 0 Å². The molecule has 0 radical (unpaired) electrons. The molecule has 0 aromatic carbocycles. The number of hydrogen-bond donors (Lipinski definition) is 9. The Kier molecular flexibility index (Phi) is 42.5. The lowest BCUT2D eigenvalue weighted by molar-refractivity contribution is -0.359. The molecule has 2 rings (SSSR count). The van der Waals surface area contributed by atoms with E-state index in [2.05, 4.69) is 116 Å². The van der Waals surface area contributed by atoms with E-state index in [4.69, 9.17) is 18.9 Å². The molecule has 0 aromatic heterocycles. The largest absolute Gasteiger partial charge is 0.394 e. The van der Waals surface area contributed by atoms with Gasteiger partial charge in [-0.05, 0) is 77.0 Å². The van der Waals surface area contributed by atoms with Crippen molar-refractivity contribution in [2.45, 2.75) is 267 Å². The fourth-order valence-corrected chi connectivity index (χ4v) is 9.07. The van der Waals surface area contributed by atoms with Crippen LogP contribution in [0, 0.1) is 0 Å². The first kappa shape index (κ1) is 69.0. The first-order valence-electron chi connectivity index (χ1n) is 29.5. The zero-order valence-corrected chi connectivity index (χ0v) is 46.7. The molecule has 12 unspecified atom stereocenters. The maximum Gasteiger partial charge on any atom is 0.220 e. The molecule has 2 heterocycles. The summed E-state index contributed by atoms with van der Waals surface area (Å²) in [6, 6.07) is -0.849. The van der Waals surface area contributed by atoms with Gasteiger partial charge in [0, 0.05) is 6.42 Å². The van der Waals surface area contributed by atoms with E-state index in [-0.39, 0.29) is 18.9 Å². The Morgan fingerprint density at radius 3 is 1.39 bits per heavy atom. The van der Waals surface area contributed by atoms with Gasteiger partial charge < -0.3 is 65.1 Å². The number of amides is 1. The van der Waals surface area contributed by atoms with Crippen molar-refractivity contribution in [3.8, 4) is 0 Å². The molecule has 14 nitrogen and oxygen atoms in total. The normalized spacial score (nSPS) is 25.6. The van der Waals surface area contributed by atoms with Crippen molar-refractivity contribution in [1.82, 2.24) is 5.32 Å². The molecule has 0 aliphatic carbocycles. The summed E-state index contributed by atoms with van der Waals surface area (Å²) in [7, 11) is 0. The Balaban J connectivity index is 1.74. The summed E-state index contributed by atoms with van der Waals surface area (Å²) < 4.78 is 22.8. The number of hydrogen-bond acceptors (Lipinski definition) is 13. The van der Waals surface area contributed by atoms with Gasteiger partial charge in [0.1, 0.15) is 48.8 Å². The van der Waals surface area contributed by atoms with Gasteiger partial charge in [0.05, 0.1) is 32.0 Å². The molecule has 76 heavy (non-hydrogen) atoms. The van der Waals surface area contributed by atoms with Crippen molar-refractivity contribution in [3.63, 3.8) is 0 Å². The van der Waals surface area contributed by atoms with Gasteiger partial charge in [0.2, 0.25) is 5.91 Å². The molecular formula is C62H105NO13. The average Bonchev–Trinajstić information content (AvgIpc) is 3.42. The molecule has 2 saturated heterocycles. The highest BCUT2D eigenvalue weighted by Gasteiger charge is 2.51. The molecule has 1 amide bonds. The van der Waals surface area contributed by atoms with E-state index >= 15 is 0 Å². The van der Waals surface area contributed by atoms with Gasteiger partial charge in [-0.25, -0.2) is 0 Å². The predicted octanol–water partition coefficient (Wildman–Crippen LogP) is 9.89. The van der Waals surface area contributed by atoms with Crippen molar-refractivity contribution in [3.05, 3.63) is 97.2 Å². The van der Waals surface area contributed by atoms with Gasteiger partial charge in [0.15, 0.2) is 12.6 Å². The zero-order valence-electron chi connectivity index (χ0n) is 46.7. The number of aliphatic hydroxyl groups is 8. The van der Waals surface area contributed by atoms with Crippen LogP contribution in [-0.4, -0.2) is 140 Å². The maximum absolute atomic E-state index is 13.3. The van der Waals surface area contributed by atoms with Crippen molar-refractivity contribution in [2.75, 3.05) is 19.8 Å². The summed E-state index contributed by atoms with van der Waals surface area (Å²) >= 11 is 0. The predicted molar refractivity (Wildman–Crippen MR) is 304 cm³/mol. The van der Waals surface area contributed by atoms with Crippen LogP contribution in [0.5, 0.6) is 0 Å². The summed E-state index contributed by atoms with van der Waals surface area (Å²) in [5, 5.41) is 87.1. The molecule has 0 aromatic rings. The standard InChI is InChI=1S/C62H105NO13/c1-3-5-7-9-11-13-15-17-18-19-20-21-22-23-24-25-26-27-28-29-30-31-32-34-36-38-40-42-44-46-54(67)63-50(51(66)45-43-41-39-37-35-33-16-14-12-10-8-6-4-2)49-73-61-59(72)57(70)60(53(48-65)75-61)76-62-58(71)56(69)55(68)52(47-64)74-62/h5,7,11,13,17-18,20-21,23-24,26-27,29-30,32,34,50-53,55-62,64-66,68-72H,3-4,6,8-10,12,14-16,19,22,25,28,31,33,35-49H2,1-2H3,(H,63,67)/b7-5-,13-11-,18-17-,21-20-,24-23-,27-26-,30-29-,34-32-. The number of carbonyl (C=O) groups excluding carboxylic acids is 1. The summed E-state index contributed by atoms with van der Waals surface area (Å²) in [6.45, 7) is 2.70. The van der Waals surface area contributed by atoms with Crippen LogP contribution in [-0.2, 0) is 23.7 Å². The minimum Gasteiger partial charge on any atom is -0.394 e. The summed E-state index contributed by atoms with van der Waals surface area (Å²) in [5.74, 6) is -0.236. The van der Waals surface area contributed by atoms with E-state index in [9.17, 15) is 45.6 Å². The number of unbranched alkanes of at least 4 members (excludes halogenated alkanes) is 16. The van der Waals surface area contributed by atoms with Gasteiger partial charge in [-0.2, -0.15) is 0 Å². The van der Waals surface area contributed by atoms with Crippen LogP contribution >= 0.6 is 0 Å². The SMILES string of the molecule is CC/C=C\C/C=C\C/C=C\C/C=C\C/C=C\C/C=C\C/C=C\C/C=C\CCCCCCC(=O)NC(COC1OC(CO)C(OC2OC(CO)C(O)C(O)C2O)C(O)C1O)C(O)CCCCCCCCCCCCCCC. The monoisotopic (exact) mass is 1070 g/mol. The minimum absolute atomic E-state index is 0.236. The highest BCUT2D eigenvalue weighted by molar-refractivity contribution is 5.76. The summed E-state index contributed by atoms with van der Waals surface area (Å²) in [6.07, 6.45) is 46.9. The van der Waals surface area contributed by atoms with Crippen LogP contribution < -0.4 is 5.32 Å². The van der Waals surface area contributed by atoms with Crippen LogP contribution in [0.2, 0.25) is 0 Å². The fraction of sp³-hybridized carbons (Fsp3) is 0.726. The van der Waals surface area contributed by atoms with E-state index in [0.717, 1.165) is 103 Å². The van der Waals surface area contributed by atoms with E-state index in [1.165, 1.54) is 57.8 Å². The molecule has 9 N–H and O–H groups in total. The number of carbonyl (C=O) groups is 1. The lowest BCUT2D eigenvalue weighted by Gasteiger charge is -2.46. The van der Waals surface area contributed by atoms with Gasteiger partial charge in [-0.15, -0.1) is 0 Å². The number of rotatable bonds is 45. The van der Waals surface area contributed by atoms with Crippen molar-refractivity contribution < 1.29 is 64.6 Å². The highest BCUT2D eigenvalue weighted by Crippen LogP contribution is 2.30. The van der Waals surface area contributed by atoms with E-state index in [0.29, 0.717) is 12.8 Å². The molecule has 0 spiro atoms. The second-order valence-corrected chi connectivity index (χ2v) is 20.4. The summed E-state index contributed by atoms with van der Waals surface area (Å²) in [5.41, 5.74) is 0. The smallest absolute Gasteiger partial charge is 0.220 e. The van der Waals surface area contributed by atoms with Crippen LogP contribution in [0.1, 0.15) is 194 Å². The van der Waals surface area contributed by atoms with Gasteiger partial charge >= 0.3 is 0 Å². The van der Waals surface area contributed by atoms with Crippen LogP contribution in [0.4, 0.5) is 0 Å². The third-order valence-electron chi connectivity index (χ3n) is 13.8. The number of nitrogens with one attached hydrogen (secondary N) is 1. The fourth-order valence-electron chi connectivity index (χ4n) is 9.07. The first-order chi connectivity index (χ1) is 37.1. The quantitative estimate of drug-likeness (QED) is 0.0205. The summed E-state index contributed by atoms with van der Waals surface area (Å²) in [4.78, 5) is 13.3. The molecule has 12 atom stereocenters. The molecule has 436 valence electrons. The molecule has 0 bridgehead atoms. The van der Waals surface area contributed by atoms with Gasteiger partial charge in [-0.1, -0.05) is 207 Å². The highest BCUT2D eigenvalue weighted by atomic mass is 16.7. The van der Waals surface area contributed by atoms with Crippen molar-refractivity contribution >= 4 is 5.91 Å².